The lowest BCUT2D eigenvalue weighted by Gasteiger charge is -2.29. The number of nitrogens with zero attached hydrogens (tertiary/aromatic N) is 1. The molecule has 0 amide bonds. The Bertz CT molecular complexity index is 421. The minimum absolute atomic E-state index is 0.0282. The zero-order valence-electron chi connectivity index (χ0n) is 12.2. The molecule has 0 spiro atoms. The van der Waals surface area contributed by atoms with Crippen LogP contribution in [0.2, 0.25) is 0 Å². The highest BCUT2D eigenvalue weighted by Gasteiger charge is 2.24. The van der Waals surface area contributed by atoms with E-state index in [0.29, 0.717) is 0 Å². The molecule has 2 heteroatoms. The molecular formula is C16H24N2. The molecule has 1 aromatic rings. The predicted octanol–water partition coefficient (Wildman–Crippen LogP) is 3.42. The van der Waals surface area contributed by atoms with Gasteiger partial charge in [0.2, 0.25) is 0 Å². The molecule has 0 atom stereocenters. The van der Waals surface area contributed by atoms with Gasteiger partial charge in [-0.05, 0) is 31.4 Å². The van der Waals surface area contributed by atoms with Crippen LogP contribution in [0.5, 0.6) is 0 Å². The van der Waals surface area contributed by atoms with Crippen LogP contribution in [0.4, 0.5) is 0 Å². The quantitative estimate of drug-likeness (QED) is 0.861. The van der Waals surface area contributed by atoms with E-state index in [0.717, 1.165) is 13.0 Å². The summed E-state index contributed by atoms with van der Waals surface area (Å²) in [4.78, 5) is 0. The van der Waals surface area contributed by atoms with Crippen molar-refractivity contribution < 1.29 is 0 Å². The van der Waals surface area contributed by atoms with Crippen molar-refractivity contribution in [2.45, 2.75) is 52.0 Å². The van der Waals surface area contributed by atoms with Crippen molar-refractivity contribution >= 4 is 0 Å². The van der Waals surface area contributed by atoms with Gasteiger partial charge in [-0.25, -0.2) is 0 Å². The summed E-state index contributed by atoms with van der Waals surface area (Å²) in [7, 11) is 0. The minimum atomic E-state index is -0.472. The monoisotopic (exact) mass is 244 g/mol. The summed E-state index contributed by atoms with van der Waals surface area (Å²) in [5.74, 6) is 0. The maximum atomic E-state index is 9.02. The fourth-order valence-corrected chi connectivity index (χ4v) is 1.78. The van der Waals surface area contributed by atoms with Gasteiger partial charge in [0.25, 0.3) is 0 Å². The van der Waals surface area contributed by atoms with Crippen LogP contribution < -0.4 is 5.32 Å². The number of nitrogens with one attached hydrogen (secondary N) is 1. The second-order valence-corrected chi connectivity index (χ2v) is 6.02. The van der Waals surface area contributed by atoms with Crippen molar-refractivity contribution in [2.75, 3.05) is 6.54 Å². The summed E-state index contributed by atoms with van der Waals surface area (Å²) in [6.45, 7) is 11.2. The molecule has 0 unspecified atom stereocenters. The highest BCUT2D eigenvalue weighted by Crippen LogP contribution is 2.23. The largest absolute Gasteiger partial charge is 0.299 e. The number of benzene rings is 1. The first-order valence-corrected chi connectivity index (χ1v) is 6.56. The van der Waals surface area contributed by atoms with Gasteiger partial charge in [-0.15, -0.1) is 0 Å². The first-order valence-electron chi connectivity index (χ1n) is 6.56. The van der Waals surface area contributed by atoms with E-state index < -0.39 is 5.54 Å². The van der Waals surface area contributed by atoms with Gasteiger partial charge in [0.15, 0.2) is 0 Å². The molecular weight excluding hydrogens is 220 g/mol. The van der Waals surface area contributed by atoms with E-state index in [9.17, 15) is 0 Å². The van der Waals surface area contributed by atoms with Crippen LogP contribution in [-0.4, -0.2) is 12.1 Å². The Morgan fingerprint density at radius 3 is 2.11 bits per heavy atom. The summed E-state index contributed by atoms with van der Waals surface area (Å²) in [5, 5.41) is 12.3. The van der Waals surface area contributed by atoms with Crippen molar-refractivity contribution in [3.8, 4) is 6.07 Å². The predicted molar refractivity (Wildman–Crippen MR) is 76.5 cm³/mol. The van der Waals surface area contributed by atoms with E-state index in [4.69, 9.17) is 5.26 Å². The number of rotatable bonds is 5. The molecule has 0 radical (unpaired) electrons. The lowest BCUT2D eigenvalue weighted by atomic mass is 9.83. The number of nitriles is 1. The maximum Gasteiger partial charge on any atom is 0.101 e. The maximum absolute atomic E-state index is 9.02. The van der Waals surface area contributed by atoms with Gasteiger partial charge in [-0.3, -0.25) is 5.32 Å². The summed E-state index contributed by atoms with van der Waals surface area (Å²) < 4.78 is 0. The van der Waals surface area contributed by atoms with Gasteiger partial charge in [0, 0.05) is 12.0 Å². The molecule has 0 aliphatic carbocycles. The van der Waals surface area contributed by atoms with Crippen LogP contribution in [0, 0.1) is 11.3 Å². The standard InChI is InChI=1S/C16H24N2/c1-6-13-7-9-14(10-8-13)15(2,3)12-18-16(4,5)11-17/h7-10,18H,6,12H2,1-5H3. The van der Waals surface area contributed by atoms with Crippen molar-refractivity contribution in [1.82, 2.24) is 5.32 Å². The topological polar surface area (TPSA) is 35.8 Å². The average molecular weight is 244 g/mol. The van der Waals surface area contributed by atoms with Crippen molar-refractivity contribution in [1.29, 1.82) is 5.26 Å². The second kappa shape index (κ2) is 5.54. The van der Waals surface area contributed by atoms with Crippen molar-refractivity contribution in [2.24, 2.45) is 0 Å². The van der Waals surface area contributed by atoms with E-state index in [1.165, 1.54) is 11.1 Å². The van der Waals surface area contributed by atoms with Crippen LogP contribution in [-0.2, 0) is 11.8 Å². The lowest BCUT2D eigenvalue weighted by Crippen LogP contribution is -2.44. The normalized spacial score (nSPS) is 12.2. The zero-order chi connectivity index (χ0) is 13.8. The van der Waals surface area contributed by atoms with E-state index >= 15 is 0 Å². The molecule has 1 aromatic carbocycles. The molecule has 0 aromatic heterocycles. The molecule has 1 N–H and O–H groups in total. The molecule has 0 saturated heterocycles. The first-order chi connectivity index (χ1) is 8.30. The molecule has 0 bridgehead atoms. The molecule has 0 aliphatic rings. The third-order valence-corrected chi connectivity index (χ3v) is 3.40. The Hall–Kier alpha value is -1.33. The fraction of sp³-hybridized carbons (Fsp3) is 0.562. The van der Waals surface area contributed by atoms with Crippen LogP contribution in [0.3, 0.4) is 0 Å². The summed E-state index contributed by atoms with van der Waals surface area (Å²) in [6, 6.07) is 11.0. The van der Waals surface area contributed by atoms with Gasteiger partial charge in [0.05, 0.1) is 6.07 Å². The van der Waals surface area contributed by atoms with Crippen LogP contribution >= 0.6 is 0 Å². The van der Waals surface area contributed by atoms with Crippen molar-refractivity contribution in [3.05, 3.63) is 35.4 Å². The molecule has 2 nitrogen and oxygen atoms in total. The van der Waals surface area contributed by atoms with Gasteiger partial charge < -0.3 is 0 Å². The van der Waals surface area contributed by atoms with Gasteiger partial charge in [-0.2, -0.15) is 5.26 Å². The molecule has 98 valence electrons. The van der Waals surface area contributed by atoms with Gasteiger partial charge >= 0.3 is 0 Å². The molecule has 1 rings (SSSR count). The lowest BCUT2D eigenvalue weighted by molar-refractivity contribution is 0.397. The average Bonchev–Trinajstić information content (AvgIpc) is 2.37. The number of aryl methyl sites for hydroxylation is 1. The van der Waals surface area contributed by atoms with Crippen LogP contribution in [0.25, 0.3) is 0 Å². The number of hydrogen-bond donors (Lipinski definition) is 1. The summed E-state index contributed by atoms with van der Waals surface area (Å²) in [6.07, 6.45) is 1.07. The van der Waals surface area contributed by atoms with E-state index in [2.05, 4.69) is 56.4 Å². The Morgan fingerprint density at radius 1 is 1.11 bits per heavy atom. The summed E-state index contributed by atoms with van der Waals surface area (Å²) >= 11 is 0. The van der Waals surface area contributed by atoms with Crippen molar-refractivity contribution in [3.63, 3.8) is 0 Å². The third kappa shape index (κ3) is 3.85. The molecule has 0 aliphatic heterocycles. The highest BCUT2D eigenvalue weighted by molar-refractivity contribution is 5.28. The fourth-order valence-electron chi connectivity index (χ4n) is 1.78. The molecule has 18 heavy (non-hydrogen) atoms. The Labute approximate surface area is 111 Å². The Balaban J connectivity index is 2.76. The Kier molecular flexibility index (Phi) is 4.53. The van der Waals surface area contributed by atoms with E-state index in [1.807, 2.05) is 13.8 Å². The third-order valence-electron chi connectivity index (χ3n) is 3.40. The number of hydrogen-bond acceptors (Lipinski definition) is 2. The van der Waals surface area contributed by atoms with Gasteiger partial charge in [0.1, 0.15) is 5.54 Å². The van der Waals surface area contributed by atoms with Crippen LogP contribution in [0.1, 0.15) is 45.7 Å². The first kappa shape index (κ1) is 14.7. The summed E-state index contributed by atoms with van der Waals surface area (Å²) in [5.41, 5.74) is 2.22. The smallest absolute Gasteiger partial charge is 0.101 e. The van der Waals surface area contributed by atoms with E-state index in [-0.39, 0.29) is 5.41 Å². The molecule has 0 fully saturated rings. The van der Waals surface area contributed by atoms with E-state index in [1.54, 1.807) is 0 Å². The highest BCUT2D eigenvalue weighted by atomic mass is 15.0. The molecule has 0 saturated carbocycles. The van der Waals surface area contributed by atoms with Crippen LogP contribution in [0.15, 0.2) is 24.3 Å². The molecule has 0 heterocycles. The SMILES string of the molecule is CCc1ccc(C(C)(C)CNC(C)(C)C#N)cc1. The minimum Gasteiger partial charge on any atom is -0.299 e. The zero-order valence-corrected chi connectivity index (χ0v) is 12.2. The Morgan fingerprint density at radius 2 is 1.67 bits per heavy atom. The second-order valence-electron chi connectivity index (χ2n) is 6.02. The van der Waals surface area contributed by atoms with Gasteiger partial charge in [-0.1, -0.05) is 45.0 Å².